The van der Waals surface area contributed by atoms with E-state index in [1.165, 1.54) is 37.7 Å². The van der Waals surface area contributed by atoms with Gasteiger partial charge in [0.2, 0.25) is 0 Å². The van der Waals surface area contributed by atoms with E-state index in [4.69, 9.17) is 9.47 Å². The summed E-state index contributed by atoms with van der Waals surface area (Å²) in [6.45, 7) is 0. The fraction of sp³-hybridized carbons (Fsp3) is 0.0909. The number of nitrogens with one attached hydrogen (secondary N) is 2. The van der Waals surface area contributed by atoms with E-state index in [1.54, 1.807) is 24.3 Å². The van der Waals surface area contributed by atoms with Gasteiger partial charge in [-0.2, -0.15) is 0 Å². The van der Waals surface area contributed by atoms with E-state index >= 15 is 0 Å². The summed E-state index contributed by atoms with van der Waals surface area (Å²) < 4.78 is 52.3. The molecule has 0 spiro atoms. The van der Waals surface area contributed by atoms with Crippen LogP contribution >= 0.6 is 11.3 Å². The van der Waals surface area contributed by atoms with Crippen molar-refractivity contribution in [1.29, 1.82) is 0 Å². The number of carbonyl (C=O) groups excluding carboxylic acids is 1. The van der Waals surface area contributed by atoms with Crippen LogP contribution < -0.4 is 19.5 Å². The second kappa shape index (κ2) is 9.04. The number of carbonyl (C=O) groups is 1. The first-order valence-electron chi connectivity index (χ1n) is 9.52. The summed E-state index contributed by atoms with van der Waals surface area (Å²) in [7, 11) is -0.994. The topological polar surface area (TPSA) is 107 Å². The third-order valence-corrected chi connectivity index (χ3v) is 7.04. The molecule has 0 saturated heterocycles. The number of nitrogens with zero attached hydrogens (tertiary/aromatic N) is 1. The summed E-state index contributed by atoms with van der Waals surface area (Å²) in [5, 5.41) is 2.98. The molecule has 1 heterocycles. The van der Waals surface area contributed by atoms with Crippen LogP contribution in [0.15, 0.2) is 65.6 Å². The minimum atomic E-state index is -4.04. The highest BCUT2D eigenvalue weighted by atomic mass is 32.2. The van der Waals surface area contributed by atoms with Crippen molar-refractivity contribution in [3.8, 4) is 11.5 Å². The minimum Gasteiger partial charge on any atom is -0.495 e. The molecule has 0 saturated carbocycles. The predicted molar refractivity (Wildman–Crippen MR) is 124 cm³/mol. The highest BCUT2D eigenvalue weighted by molar-refractivity contribution is 7.92. The third-order valence-electron chi connectivity index (χ3n) is 4.67. The van der Waals surface area contributed by atoms with Gasteiger partial charge in [-0.3, -0.25) is 14.8 Å². The summed E-state index contributed by atoms with van der Waals surface area (Å²) in [4.78, 5) is 17.3. The number of aromatic nitrogens is 1. The Balaban J connectivity index is 1.63. The molecular weight excluding hydrogens is 469 g/mol. The number of sulfonamides is 1. The third kappa shape index (κ3) is 4.59. The van der Waals surface area contributed by atoms with Crippen molar-refractivity contribution in [2.75, 3.05) is 24.3 Å². The first-order valence-corrected chi connectivity index (χ1v) is 11.8. The number of rotatable bonds is 7. The lowest BCUT2D eigenvalue weighted by Crippen LogP contribution is -2.18. The summed E-state index contributed by atoms with van der Waals surface area (Å²) in [6.07, 6.45) is 0. The van der Waals surface area contributed by atoms with Gasteiger partial charge in [-0.15, -0.1) is 0 Å². The molecule has 0 unspecified atom stereocenters. The number of thiazole rings is 1. The molecule has 170 valence electrons. The zero-order valence-corrected chi connectivity index (χ0v) is 19.1. The van der Waals surface area contributed by atoms with Crippen LogP contribution in [0.3, 0.4) is 0 Å². The van der Waals surface area contributed by atoms with E-state index in [2.05, 4.69) is 15.0 Å². The van der Waals surface area contributed by atoms with Crippen LogP contribution in [0, 0.1) is 5.82 Å². The quantitative estimate of drug-likeness (QED) is 0.397. The van der Waals surface area contributed by atoms with E-state index in [1.807, 2.05) is 0 Å². The first-order chi connectivity index (χ1) is 15.8. The molecule has 8 nitrogen and oxygen atoms in total. The van der Waals surface area contributed by atoms with Gasteiger partial charge >= 0.3 is 0 Å². The van der Waals surface area contributed by atoms with Crippen LogP contribution in [0.2, 0.25) is 0 Å². The van der Waals surface area contributed by atoms with Gasteiger partial charge in [0, 0.05) is 0 Å². The maximum atomic E-state index is 13.2. The molecule has 0 bridgehead atoms. The fourth-order valence-electron chi connectivity index (χ4n) is 3.09. The van der Waals surface area contributed by atoms with Gasteiger partial charge in [0.05, 0.1) is 30.4 Å². The lowest BCUT2D eigenvalue weighted by molar-refractivity contribution is 0.102. The number of hydrogen-bond acceptors (Lipinski definition) is 7. The second-order valence-electron chi connectivity index (χ2n) is 6.73. The molecule has 0 aliphatic heterocycles. The molecule has 1 aromatic heterocycles. The van der Waals surface area contributed by atoms with Crippen LogP contribution in [-0.2, 0) is 10.0 Å². The lowest BCUT2D eigenvalue weighted by Gasteiger charge is -2.12. The van der Waals surface area contributed by atoms with Crippen molar-refractivity contribution in [3.05, 3.63) is 72.0 Å². The van der Waals surface area contributed by atoms with Crippen LogP contribution in [0.25, 0.3) is 10.2 Å². The smallest absolute Gasteiger partial charge is 0.261 e. The fourth-order valence-corrected chi connectivity index (χ4v) is 5.14. The van der Waals surface area contributed by atoms with Crippen molar-refractivity contribution in [2.45, 2.75) is 4.90 Å². The number of benzene rings is 3. The number of ether oxygens (including phenoxy) is 2. The number of fused-ring (bicyclic) bond motifs is 1. The van der Waals surface area contributed by atoms with Crippen LogP contribution in [0.1, 0.15) is 10.4 Å². The number of hydrogen-bond donors (Lipinski definition) is 2. The predicted octanol–water partition coefficient (Wildman–Crippen LogP) is 4.51. The van der Waals surface area contributed by atoms with Crippen LogP contribution in [0.5, 0.6) is 11.5 Å². The van der Waals surface area contributed by atoms with Crippen LogP contribution in [0.4, 0.5) is 15.2 Å². The summed E-state index contributed by atoms with van der Waals surface area (Å²) >= 11 is 1.20. The van der Waals surface area contributed by atoms with Gasteiger partial charge in [0.15, 0.2) is 5.13 Å². The Morgan fingerprint density at radius 1 is 0.970 bits per heavy atom. The van der Waals surface area contributed by atoms with Crippen molar-refractivity contribution in [1.82, 2.24) is 4.98 Å². The van der Waals surface area contributed by atoms with Gasteiger partial charge in [-0.25, -0.2) is 17.8 Å². The van der Waals surface area contributed by atoms with Gasteiger partial charge in [-0.1, -0.05) is 23.5 Å². The maximum Gasteiger partial charge on any atom is 0.261 e. The Morgan fingerprint density at radius 2 is 1.64 bits per heavy atom. The molecule has 0 radical (unpaired) electrons. The molecule has 0 aliphatic carbocycles. The molecule has 4 rings (SSSR count). The monoisotopic (exact) mass is 487 g/mol. The largest absolute Gasteiger partial charge is 0.495 e. The van der Waals surface area contributed by atoms with Gasteiger partial charge < -0.3 is 9.47 Å². The summed E-state index contributed by atoms with van der Waals surface area (Å²) in [6, 6.07) is 14.0. The minimum absolute atomic E-state index is 0.0654. The zero-order valence-electron chi connectivity index (χ0n) is 17.5. The molecule has 33 heavy (non-hydrogen) atoms. The molecular formula is C22H18FN3O5S2. The second-order valence-corrected chi connectivity index (χ2v) is 9.41. The normalized spacial score (nSPS) is 11.2. The molecule has 1 amide bonds. The molecule has 11 heteroatoms. The van der Waals surface area contributed by atoms with Crippen molar-refractivity contribution in [3.63, 3.8) is 0 Å². The van der Waals surface area contributed by atoms with E-state index in [9.17, 15) is 17.6 Å². The number of amides is 1. The van der Waals surface area contributed by atoms with Gasteiger partial charge in [-0.05, 0) is 48.5 Å². The lowest BCUT2D eigenvalue weighted by atomic mass is 10.2. The SMILES string of the molecule is COc1ccc(OC)c2sc(NC(=O)c3ccccc3NS(=O)(=O)c3ccc(F)cc3)nc12. The molecule has 2 N–H and O–H groups in total. The Morgan fingerprint density at radius 3 is 2.33 bits per heavy atom. The average Bonchev–Trinajstić information content (AvgIpc) is 3.22. The standard InChI is InChI=1S/C22H18FN3O5S2/c1-30-17-11-12-18(31-2)20-19(17)24-22(32-20)25-21(27)15-5-3-4-6-16(15)26-33(28,29)14-9-7-13(23)8-10-14/h3-12,26H,1-2H3,(H,24,25,27). The number of methoxy groups -OCH3 is 2. The summed E-state index contributed by atoms with van der Waals surface area (Å²) in [5.41, 5.74) is 0.680. The number of halogens is 1. The van der Waals surface area contributed by atoms with Gasteiger partial charge in [0.25, 0.3) is 15.9 Å². The molecule has 0 fully saturated rings. The molecule has 4 aromatic rings. The van der Waals surface area contributed by atoms with Crippen LogP contribution in [-0.4, -0.2) is 33.5 Å². The Labute approximate surface area is 193 Å². The zero-order chi connectivity index (χ0) is 23.6. The molecule has 0 atom stereocenters. The Bertz CT molecular complexity index is 1400. The van der Waals surface area contributed by atoms with Crippen molar-refractivity contribution >= 4 is 48.3 Å². The summed E-state index contributed by atoms with van der Waals surface area (Å²) in [5.74, 6) is -0.0199. The number of para-hydroxylation sites is 1. The van der Waals surface area contributed by atoms with Crippen molar-refractivity contribution in [2.24, 2.45) is 0 Å². The first kappa shape index (κ1) is 22.5. The van der Waals surface area contributed by atoms with E-state index in [-0.39, 0.29) is 21.3 Å². The Hall–Kier alpha value is -3.70. The highest BCUT2D eigenvalue weighted by Gasteiger charge is 2.20. The Kier molecular flexibility index (Phi) is 6.16. The average molecular weight is 488 g/mol. The number of anilines is 2. The van der Waals surface area contributed by atoms with E-state index in [0.717, 1.165) is 24.3 Å². The molecule has 3 aromatic carbocycles. The molecule has 0 aliphatic rings. The van der Waals surface area contributed by atoms with E-state index < -0.39 is 21.7 Å². The van der Waals surface area contributed by atoms with Gasteiger partial charge in [0.1, 0.15) is 27.5 Å². The van der Waals surface area contributed by atoms with E-state index in [0.29, 0.717) is 21.7 Å². The maximum absolute atomic E-state index is 13.2. The highest BCUT2D eigenvalue weighted by Crippen LogP contribution is 2.39. The van der Waals surface area contributed by atoms with Crippen molar-refractivity contribution < 1.29 is 27.1 Å².